The van der Waals surface area contributed by atoms with Crippen molar-refractivity contribution in [2.45, 2.75) is 179 Å². The van der Waals surface area contributed by atoms with E-state index in [1.54, 1.807) is 5.56 Å². The standard InChI is InChI=1S/3C21H16.6C3H8/c1-13-16-7-4-5-9-18(16)21-12-20-15(11-19(13)21)10-14-6-2-3-8-17(14)20;1-13-16-7-4-5-9-18(16)19-11-10-15-12-14-6-2-3-8-17(14)21(15)20(13)19;1-13-15-7-4-5-9-19(15)21-16(13)10-11-18-17-8-3-2-6-14(17)12-20(18)21;6*1-3-2/h2-9,11-13H,10H2,1H3;2*2-11,13H,12H2,1H3;6*3H2,1-2H3. The predicted octanol–water partition coefficient (Wildman–Crippen LogP) is 24.7. The second kappa shape index (κ2) is 29.6. The van der Waals surface area contributed by atoms with Gasteiger partial charge in [-0.2, -0.15) is 0 Å². The number of fused-ring (bicyclic) bond motifs is 20. The maximum absolute atomic E-state index is 2.45. The third kappa shape index (κ3) is 12.9. The molecular weight excluding hydrogens is 973 g/mol. The van der Waals surface area contributed by atoms with Crippen LogP contribution >= 0.6 is 0 Å². The fraction of sp³-hybridized carbons (Fsp3) is 0.333. The van der Waals surface area contributed by atoms with Crippen LogP contribution in [-0.2, 0) is 19.3 Å². The highest BCUT2D eigenvalue weighted by Gasteiger charge is 2.34. The molecular formula is C81H96. The second-order valence-corrected chi connectivity index (χ2v) is 22.9. The van der Waals surface area contributed by atoms with Crippen LogP contribution in [0.25, 0.3) is 66.8 Å². The van der Waals surface area contributed by atoms with Gasteiger partial charge in [0, 0.05) is 17.8 Å². The molecule has 0 aliphatic heterocycles. The lowest BCUT2D eigenvalue weighted by atomic mass is 9.90. The van der Waals surface area contributed by atoms with Crippen molar-refractivity contribution in [3.05, 3.63) is 249 Å². The van der Waals surface area contributed by atoms with Crippen molar-refractivity contribution in [2.24, 2.45) is 0 Å². The smallest absolute Gasteiger partial charge is 0.00795 e. The Labute approximate surface area is 492 Å². The van der Waals surface area contributed by atoms with E-state index in [4.69, 9.17) is 0 Å². The minimum atomic E-state index is 0.498. The van der Waals surface area contributed by atoms with Crippen molar-refractivity contribution in [1.82, 2.24) is 0 Å². The highest BCUT2D eigenvalue weighted by molar-refractivity contribution is 5.93. The van der Waals surface area contributed by atoms with E-state index < -0.39 is 0 Å². The topological polar surface area (TPSA) is 0 Å². The van der Waals surface area contributed by atoms with Crippen molar-refractivity contribution in [1.29, 1.82) is 0 Å². The van der Waals surface area contributed by atoms with Crippen LogP contribution in [0.2, 0.25) is 0 Å². The van der Waals surface area contributed by atoms with Crippen LogP contribution in [0.1, 0.15) is 227 Å². The van der Waals surface area contributed by atoms with Crippen LogP contribution in [0.15, 0.2) is 182 Å². The first-order chi connectivity index (χ1) is 39.5. The number of benzene rings is 9. The minimum absolute atomic E-state index is 0.498. The van der Waals surface area contributed by atoms with Gasteiger partial charge in [0.15, 0.2) is 0 Å². The molecule has 0 spiro atoms. The first kappa shape index (κ1) is 61.6. The molecule has 0 saturated carbocycles. The second-order valence-electron chi connectivity index (χ2n) is 22.9. The van der Waals surface area contributed by atoms with Gasteiger partial charge in [-0.15, -0.1) is 0 Å². The van der Waals surface area contributed by atoms with E-state index in [1.807, 2.05) is 0 Å². The third-order valence-corrected chi connectivity index (χ3v) is 15.5. The molecule has 0 N–H and O–H groups in total. The molecule has 0 heterocycles. The largest absolute Gasteiger partial charge is 0.0656 e. The van der Waals surface area contributed by atoms with E-state index in [0.717, 1.165) is 19.3 Å². The molecule has 81 heavy (non-hydrogen) atoms. The summed E-state index contributed by atoms with van der Waals surface area (Å²) in [7, 11) is 0. The summed E-state index contributed by atoms with van der Waals surface area (Å²) in [6.45, 7) is 32.5. The fourth-order valence-corrected chi connectivity index (χ4v) is 12.5. The van der Waals surface area contributed by atoms with E-state index in [1.165, 1.54) is 166 Å². The van der Waals surface area contributed by atoms with Gasteiger partial charge < -0.3 is 0 Å². The van der Waals surface area contributed by atoms with Gasteiger partial charge in [-0.25, -0.2) is 0 Å². The molecule has 6 aliphatic rings. The van der Waals surface area contributed by atoms with E-state index >= 15 is 0 Å². The first-order valence-corrected chi connectivity index (χ1v) is 31.5. The van der Waals surface area contributed by atoms with Gasteiger partial charge in [-0.05, 0) is 159 Å². The lowest BCUT2D eigenvalue weighted by Gasteiger charge is -2.13. The monoisotopic (exact) mass is 1070 g/mol. The van der Waals surface area contributed by atoms with E-state index in [-0.39, 0.29) is 0 Å². The molecule has 9 aromatic rings. The van der Waals surface area contributed by atoms with Crippen molar-refractivity contribution in [3.8, 4) is 66.8 Å². The lowest BCUT2D eigenvalue weighted by Crippen LogP contribution is -1.94. The molecule has 0 amide bonds. The molecule has 0 saturated heterocycles. The summed E-state index contributed by atoms with van der Waals surface area (Å²) < 4.78 is 0. The molecule has 0 nitrogen and oxygen atoms in total. The van der Waals surface area contributed by atoms with Gasteiger partial charge >= 0.3 is 0 Å². The highest BCUT2D eigenvalue weighted by Crippen LogP contribution is 2.54. The number of hydrogen-bond acceptors (Lipinski definition) is 0. The fourth-order valence-electron chi connectivity index (χ4n) is 12.5. The number of rotatable bonds is 0. The molecule has 420 valence electrons. The molecule has 0 aromatic heterocycles. The Kier molecular flexibility index (Phi) is 22.5. The Bertz CT molecular complexity index is 3450. The van der Waals surface area contributed by atoms with Crippen molar-refractivity contribution in [3.63, 3.8) is 0 Å². The van der Waals surface area contributed by atoms with Crippen molar-refractivity contribution >= 4 is 0 Å². The van der Waals surface area contributed by atoms with Crippen molar-refractivity contribution in [2.75, 3.05) is 0 Å². The number of hydrogen-bond donors (Lipinski definition) is 0. The zero-order chi connectivity index (χ0) is 58.2. The SMILES string of the molecule is CC1c2ccccc2-c2c1ccc1c2Cc2ccccc2-1.CC1c2ccccc2-c2cc3c(cc21)Cc1ccccc1-3.CC1c2ccccc2-c2ccc3c(c21)-c1ccccc1C3.CCC.CCC.CCC.CCC.CCC.CCC. The average Bonchev–Trinajstić information content (AvgIpc) is 4.53. The summed E-state index contributed by atoms with van der Waals surface area (Å²) in [5.41, 5.74) is 35.3. The Hall–Kier alpha value is -7.02. The molecule has 0 radical (unpaired) electrons. The summed E-state index contributed by atoms with van der Waals surface area (Å²) in [6, 6.07) is 67.4. The summed E-state index contributed by atoms with van der Waals surface area (Å²) in [5.74, 6) is 1.53. The zero-order valence-electron chi connectivity index (χ0n) is 52.4. The van der Waals surface area contributed by atoms with E-state index in [2.05, 4.69) is 286 Å². The van der Waals surface area contributed by atoms with Gasteiger partial charge in [0.1, 0.15) is 0 Å². The van der Waals surface area contributed by atoms with Gasteiger partial charge in [-0.3, -0.25) is 0 Å². The van der Waals surface area contributed by atoms with Crippen LogP contribution in [0.3, 0.4) is 0 Å². The van der Waals surface area contributed by atoms with Gasteiger partial charge in [0.25, 0.3) is 0 Å². The molecule has 0 fully saturated rings. The van der Waals surface area contributed by atoms with Gasteiger partial charge in [-0.1, -0.05) is 318 Å². The molecule has 6 aliphatic carbocycles. The summed E-state index contributed by atoms with van der Waals surface area (Å²) in [4.78, 5) is 0. The Morgan fingerprint density at radius 2 is 0.630 bits per heavy atom. The molecule has 15 rings (SSSR count). The molecule has 0 bridgehead atoms. The van der Waals surface area contributed by atoms with E-state index in [9.17, 15) is 0 Å². The first-order valence-electron chi connectivity index (χ1n) is 31.5. The molecule has 3 atom stereocenters. The van der Waals surface area contributed by atoms with Gasteiger partial charge in [0.2, 0.25) is 0 Å². The predicted molar refractivity (Wildman–Crippen MR) is 359 cm³/mol. The average molecular weight is 1070 g/mol. The van der Waals surface area contributed by atoms with Gasteiger partial charge in [0.05, 0.1) is 0 Å². The highest BCUT2D eigenvalue weighted by atomic mass is 14.4. The quantitative estimate of drug-likeness (QED) is 0.142. The summed E-state index contributed by atoms with van der Waals surface area (Å²) >= 11 is 0. The van der Waals surface area contributed by atoms with Crippen LogP contribution in [0, 0.1) is 0 Å². The normalized spacial score (nSPS) is 14.6. The zero-order valence-corrected chi connectivity index (χ0v) is 52.4. The Morgan fingerprint density at radius 1 is 0.247 bits per heavy atom. The van der Waals surface area contributed by atoms with E-state index in [0.29, 0.717) is 17.8 Å². The maximum Gasteiger partial charge on any atom is 0.00795 e. The van der Waals surface area contributed by atoms with Crippen LogP contribution in [0.4, 0.5) is 0 Å². The summed E-state index contributed by atoms with van der Waals surface area (Å²) in [6.07, 6.45) is 10.7. The molecule has 0 heteroatoms. The van der Waals surface area contributed by atoms with Crippen LogP contribution in [-0.4, -0.2) is 0 Å². The minimum Gasteiger partial charge on any atom is -0.0656 e. The van der Waals surface area contributed by atoms with Crippen LogP contribution < -0.4 is 0 Å². The maximum atomic E-state index is 2.45. The van der Waals surface area contributed by atoms with Crippen molar-refractivity contribution < 1.29 is 0 Å². The molecule has 3 unspecified atom stereocenters. The molecule has 9 aromatic carbocycles. The summed E-state index contributed by atoms with van der Waals surface area (Å²) in [5, 5.41) is 0. The Morgan fingerprint density at radius 3 is 1.19 bits per heavy atom. The third-order valence-electron chi connectivity index (χ3n) is 15.5. The lowest BCUT2D eigenvalue weighted by molar-refractivity contribution is 0.953. The van der Waals surface area contributed by atoms with Crippen LogP contribution in [0.5, 0.6) is 0 Å². The Balaban J connectivity index is 0.000000153.